The minimum absolute atomic E-state index is 0. The molecule has 0 atom stereocenters. The van der Waals surface area contributed by atoms with Crippen LogP contribution in [0.4, 0.5) is 18.8 Å². The molecule has 2 nitrogen and oxygen atoms in total. The highest BCUT2D eigenvalue weighted by atomic mass is 19.0. The second kappa shape index (κ2) is 14.4. The van der Waals surface area contributed by atoms with Crippen molar-refractivity contribution in [3.63, 3.8) is 0 Å². The smallest absolute Gasteiger partial charge is 0.0894 e. The predicted molar refractivity (Wildman–Crippen MR) is 54.4 cm³/mol. The molecule has 0 aromatic carbocycles. The minimum atomic E-state index is 0. The van der Waals surface area contributed by atoms with E-state index in [0.717, 1.165) is 13.2 Å². The second-order valence-corrected chi connectivity index (χ2v) is 2.26. The Bertz CT molecular complexity index is 146. The predicted octanol–water partition coefficient (Wildman–Crippen LogP) is 1.08. The molecule has 0 bridgehead atoms. The van der Waals surface area contributed by atoms with Crippen LogP contribution < -0.4 is 0 Å². The van der Waals surface area contributed by atoms with Gasteiger partial charge in [-0.05, 0) is 0 Å². The molecule has 1 heterocycles. The van der Waals surface area contributed by atoms with Crippen molar-refractivity contribution >= 4 is 8.41 Å². The van der Waals surface area contributed by atoms with Gasteiger partial charge in [0.1, 0.15) is 0 Å². The number of hydrogen-bond acceptors (Lipinski definition) is 2. The number of rotatable bonds is 2. The summed E-state index contributed by atoms with van der Waals surface area (Å²) in [5.74, 6) is 0. The van der Waals surface area contributed by atoms with Gasteiger partial charge in [-0.1, -0.05) is 6.08 Å². The van der Waals surface area contributed by atoms with Gasteiger partial charge in [-0.3, -0.25) is 18.8 Å². The average Bonchev–Trinajstić information content (AvgIpc) is 2.17. The van der Waals surface area contributed by atoms with Crippen LogP contribution in [0.1, 0.15) is 0 Å². The maximum Gasteiger partial charge on any atom is 0.0894 e. The Morgan fingerprint density at radius 1 is 1.21 bits per heavy atom. The lowest BCUT2D eigenvalue weighted by molar-refractivity contribution is 0.318. The molecule has 0 amide bonds. The summed E-state index contributed by atoms with van der Waals surface area (Å²) in [4.78, 5) is 4.32. The molecule has 1 aliphatic rings. The van der Waals surface area contributed by atoms with Crippen LogP contribution >= 0.6 is 0 Å². The normalized spacial score (nSPS) is 10.9. The van der Waals surface area contributed by atoms with E-state index in [9.17, 15) is 0 Å². The van der Waals surface area contributed by atoms with E-state index in [2.05, 4.69) is 35.8 Å². The topological polar surface area (TPSA) is 6.48 Å². The molecule has 0 aromatic heterocycles. The van der Waals surface area contributed by atoms with Crippen LogP contribution in [0.25, 0.3) is 0 Å². The molecule has 0 saturated carbocycles. The Morgan fingerprint density at radius 3 is 2.00 bits per heavy atom. The molecule has 1 aliphatic heterocycles. The summed E-state index contributed by atoms with van der Waals surface area (Å²) in [6.07, 6.45) is 6.04. The summed E-state index contributed by atoms with van der Waals surface area (Å²) in [6, 6.07) is 0. The zero-order chi connectivity index (χ0) is 6.69. The number of halogens is 4. The van der Waals surface area contributed by atoms with Crippen molar-refractivity contribution in [2.24, 2.45) is 0 Å². The minimum Gasteiger partial charge on any atom is -0.362 e. The Morgan fingerprint density at radius 2 is 1.71 bits per heavy atom. The molecule has 0 N–H and O–H groups in total. The van der Waals surface area contributed by atoms with E-state index < -0.39 is 0 Å². The lowest BCUT2D eigenvalue weighted by atomic mass is 10.6. The molecule has 3 radical (unpaired) electrons. The molecule has 7 heteroatoms. The monoisotopic (exact) mass is 215 g/mol. The summed E-state index contributed by atoms with van der Waals surface area (Å²) in [5, 5.41) is 0. The lowest BCUT2D eigenvalue weighted by Gasteiger charge is -2.15. The zero-order valence-electron chi connectivity index (χ0n) is 7.96. The largest absolute Gasteiger partial charge is 0.362 e. The van der Waals surface area contributed by atoms with Crippen LogP contribution in [0.2, 0.25) is 0 Å². The molecule has 0 aliphatic carbocycles. The van der Waals surface area contributed by atoms with Crippen LogP contribution in [0, 0.1) is 0 Å². The van der Waals surface area contributed by atoms with E-state index >= 15 is 0 Å². The van der Waals surface area contributed by atoms with Crippen LogP contribution in [0.3, 0.4) is 0 Å². The molecule has 0 fully saturated rings. The highest BCUT2D eigenvalue weighted by molar-refractivity contribution is 5.75. The van der Waals surface area contributed by atoms with Crippen molar-refractivity contribution in [1.29, 1.82) is 0 Å². The molecule has 14 heavy (non-hydrogen) atoms. The molecule has 0 aromatic rings. The lowest BCUT2D eigenvalue weighted by Crippen LogP contribution is -2.21. The number of nitrogens with zero attached hydrogens (tertiary/aromatic N) is 2. The molecule has 0 saturated heterocycles. The first kappa shape index (κ1) is 29.3. The Kier molecular flexibility index (Phi) is 30.1. The third kappa shape index (κ3) is 8.96. The van der Waals surface area contributed by atoms with Crippen LogP contribution in [-0.4, -0.2) is 38.5 Å². The second-order valence-electron chi connectivity index (χ2n) is 2.26. The van der Waals surface area contributed by atoms with Crippen LogP contribution in [0.15, 0.2) is 25.1 Å². The van der Waals surface area contributed by atoms with E-state index in [1.54, 1.807) is 0 Å². The SMILES string of the molecule is C=CCN1C=CN(C)C1.F.F.F.F.[B]. The highest BCUT2D eigenvalue weighted by Gasteiger charge is 2.04. The maximum absolute atomic E-state index is 3.66. The van der Waals surface area contributed by atoms with E-state index in [-0.39, 0.29) is 27.2 Å². The fraction of sp³-hybridized carbons (Fsp3) is 0.429. The molecular formula is C7H16BF4N2. The van der Waals surface area contributed by atoms with Gasteiger partial charge in [0.25, 0.3) is 0 Å². The highest BCUT2D eigenvalue weighted by Crippen LogP contribution is 2.01. The van der Waals surface area contributed by atoms with Crippen molar-refractivity contribution in [2.45, 2.75) is 0 Å². The molecule has 0 spiro atoms. The standard InChI is InChI=1S/C7H12N2.B.4FH/c1-3-4-9-6-5-8(2)7-9;;;;;/h3,5-6H,1,4,7H2,2H3;;4*1H. The van der Waals surface area contributed by atoms with Crippen LogP contribution in [0.5, 0.6) is 0 Å². The molecule has 85 valence electrons. The van der Waals surface area contributed by atoms with Crippen molar-refractivity contribution in [3.05, 3.63) is 25.1 Å². The molecular weight excluding hydrogens is 199 g/mol. The van der Waals surface area contributed by atoms with Crippen molar-refractivity contribution in [1.82, 2.24) is 9.80 Å². The summed E-state index contributed by atoms with van der Waals surface area (Å²) in [6.45, 7) is 5.59. The molecule has 0 unspecified atom stereocenters. The summed E-state index contributed by atoms with van der Waals surface area (Å²) in [7, 11) is 2.06. The third-order valence-electron chi connectivity index (χ3n) is 1.30. The molecule has 1 rings (SSSR count). The van der Waals surface area contributed by atoms with Crippen LogP contribution in [-0.2, 0) is 0 Å². The van der Waals surface area contributed by atoms with E-state index in [1.165, 1.54) is 0 Å². The van der Waals surface area contributed by atoms with Gasteiger partial charge in [-0.2, -0.15) is 0 Å². The van der Waals surface area contributed by atoms with Gasteiger partial charge in [0.2, 0.25) is 0 Å². The fourth-order valence-electron chi connectivity index (χ4n) is 0.873. The van der Waals surface area contributed by atoms with E-state index in [4.69, 9.17) is 0 Å². The van der Waals surface area contributed by atoms with Gasteiger partial charge >= 0.3 is 0 Å². The Hall–Kier alpha value is -1.14. The van der Waals surface area contributed by atoms with Crippen molar-refractivity contribution in [3.8, 4) is 0 Å². The average molecular weight is 215 g/mol. The quantitative estimate of drug-likeness (QED) is 0.386. The van der Waals surface area contributed by atoms with Crippen molar-refractivity contribution in [2.75, 3.05) is 20.3 Å². The number of hydrogen-bond donors (Lipinski definition) is 0. The van der Waals surface area contributed by atoms with Crippen molar-refractivity contribution < 1.29 is 18.8 Å². The Labute approximate surface area is 83.3 Å². The van der Waals surface area contributed by atoms with Gasteiger partial charge in [-0.15, -0.1) is 6.58 Å². The maximum atomic E-state index is 3.66. The van der Waals surface area contributed by atoms with Gasteiger partial charge < -0.3 is 9.80 Å². The Balaban J connectivity index is -0.0000000540. The van der Waals surface area contributed by atoms with E-state index in [1.807, 2.05) is 6.08 Å². The third-order valence-corrected chi connectivity index (χ3v) is 1.30. The first-order valence-corrected chi connectivity index (χ1v) is 3.06. The van der Waals surface area contributed by atoms with Gasteiger partial charge in [0, 0.05) is 34.4 Å². The summed E-state index contributed by atoms with van der Waals surface area (Å²) < 4.78 is 0. The fourth-order valence-corrected chi connectivity index (χ4v) is 0.873. The van der Waals surface area contributed by atoms with Gasteiger partial charge in [-0.25, -0.2) is 0 Å². The van der Waals surface area contributed by atoms with Gasteiger partial charge in [0.15, 0.2) is 0 Å². The first-order valence-electron chi connectivity index (χ1n) is 3.06. The summed E-state index contributed by atoms with van der Waals surface area (Å²) in [5.41, 5.74) is 0. The van der Waals surface area contributed by atoms with E-state index in [0.29, 0.717) is 0 Å². The summed E-state index contributed by atoms with van der Waals surface area (Å²) >= 11 is 0. The van der Waals surface area contributed by atoms with Gasteiger partial charge in [0.05, 0.1) is 6.67 Å². The first-order chi connectivity index (χ1) is 4.33. The zero-order valence-corrected chi connectivity index (χ0v) is 7.96.